The van der Waals surface area contributed by atoms with Crippen LogP contribution in [0, 0.1) is 11.3 Å². The number of hydrogen-bond acceptors (Lipinski definition) is 6. The lowest BCUT2D eigenvalue weighted by Crippen LogP contribution is -2.61. The number of aliphatic hydroxyl groups excluding tert-OH is 2. The summed E-state index contributed by atoms with van der Waals surface area (Å²) in [5, 5.41) is 24.2. The number of hydrogen-bond donors (Lipinski definition) is 3. The Morgan fingerprint density at radius 1 is 1.11 bits per heavy atom. The summed E-state index contributed by atoms with van der Waals surface area (Å²) in [6.07, 6.45) is 11.5. The van der Waals surface area contributed by atoms with Crippen molar-refractivity contribution in [3.8, 4) is 0 Å². The Kier molecular flexibility index (Phi) is 4.59. The molecule has 2 aromatic rings. The molecular formula is C30H35N3O3. The second kappa shape index (κ2) is 7.29. The van der Waals surface area contributed by atoms with Crippen molar-refractivity contribution >= 4 is 22.2 Å². The Morgan fingerprint density at radius 3 is 2.75 bits per heavy atom. The molecule has 36 heavy (non-hydrogen) atoms. The summed E-state index contributed by atoms with van der Waals surface area (Å²) in [4.78, 5) is 6.27. The van der Waals surface area contributed by atoms with Gasteiger partial charge < -0.3 is 25.6 Å². The number of nitrogen functional groups attached to an aromatic ring is 1. The predicted octanol–water partition coefficient (Wildman–Crippen LogP) is 3.84. The zero-order chi connectivity index (χ0) is 25.0. The van der Waals surface area contributed by atoms with Crippen LogP contribution in [0.15, 0.2) is 59.8 Å². The molecule has 3 heterocycles. The normalized spacial score (nSPS) is 40.9. The van der Waals surface area contributed by atoms with Crippen LogP contribution in [-0.4, -0.2) is 63.6 Å². The molecule has 2 fully saturated rings. The molecule has 2 aliphatic heterocycles. The number of aromatic nitrogens is 1. The van der Waals surface area contributed by atoms with Crippen LogP contribution in [0.5, 0.6) is 0 Å². The lowest BCUT2D eigenvalue weighted by Gasteiger charge is -2.55. The first-order chi connectivity index (χ1) is 17.2. The minimum atomic E-state index is -0.895. The Balaban J connectivity index is 1.29. The molecule has 1 aromatic heterocycles. The SMILES string of the molecule is CN(C)[C@H]1C[C@@]23CC[C@@]4(O2)C(=CC[C@]2(C)C(c5ccc6cnc(N)cc6c5)=CCC24)C=C3[C@@H](O)[C@@H]1O. The number of pyridine rings is 1. The first-order valence-electron chi connectivity index (χ1n) is 13.2. The number of anilines is 1. The second-order valence-electron chi connectivity index (χ2n) is 12.1. The van der Waals surface area contributed by atoms with Crippen molar-refractivity contribution < 1.29 is 14.9 Å². The summed E-state index contributed by atoms with van der Waals surface area (Å²) in [6.45, 7) is 2.40. The van der Waals surface area contributed by atoms with Gasteiger partial charge in [-0.25, -0.2) is 4.98 Å². The van der Waals surface area contributed by atoms with Crippen molar-refractivity contribution in [3.05, 3.63) is 65.4 Å². The highest BCUT2D eigenvalue weighted by Crippen LogP contribution is 2.67. The molecule has 0 amide bonds. The summed E-state index contributed by atoms with van der Waals surface area (Å²) >= 11 is 0. The number of aliphatic hydroxyl groups is 2. The van der Waals surface area contributed by atoms with E-state index in [9.17, 15) is 10.2 Å². The first-order valence-corrected chi connectivity index (χ1v) is 13.2. The maximum absolute atomic E-state index is 11.2. The van der Waals surface area contributed by atoms with Crippen molar-refractivity contribution in [1.82, 2.24) is 9.88 Å². The van der Waals surface area contributed by atoms with Crippen LogP contribution in [0.2, 0.25) is 0 Å². The summed E-state index contributed by atoms with van der Waals surface area (Å²) < 4.78 is 7.24. The molecule has 1 aromatic carbocycles. The van der Waals surface area contributed by atoms with E-state index in [1.165, 1.54) is 16.7 Å². The van der Waals surface area contributed by atoms with Gasteiger partial charge in [-0.3, -0.25) is 0 Å². The number of fused-ring (bicyclic) bond motifs is 2. The molecule has 7 rings (SSSR count). The highest BCUT2D eigenvalue weighted by Gasteiger charge is 2.67. The standard InChI is InChI=1S/C30H35N3O3/c1-28-9-8-20-14-22-26(34)27(35)23(33(2)3)15-29(22)10-11-30(20,36-29)24(28)7-6-21(28)17-4-5-18-16-32-25(31)13-19(18)12-17/h4-6,8,12-14,16,23-24,26-27,34-35H,7,9-11,15H2,1-3H3,(H2,31,32)/t23-,24?,26+,27+,28+,29+,30+/m0/s1. The van der Waals surface area contributed by atoms with Crippen molar-refractivity contribution in [3.63, 3.8) is 0 Å². The Bertz CT molecular complexity index is 1380. The summed E-state index contributed by atoms with van der Waals surface area (Å²) in [5.74, 6) is 0.871. The lowest BCUT2D eigenvalue weighted by atomic mass is 9.58. The average molecular weight is 486 g/mol. The minimum absolute atomic E-state index is 0.0413. The molecule has 1 saturated carbocycles. The van der Waals surface area contributed by atoms with Gasteiger partial charge in [0.1, 0.15) is 11.9 Å². The Hall–Kier alpha value is -2.51. The third-order valence-electron chi connectivity index (χ3n) is 10.1. The van der Waals surface area contributed by atoms with E-state index < -0.39 is 17.8 Å². The number of allylic oxidation sites excluding steroid dienone is 3. The van der Waals surface area contributed by atoms with E-state index >= 15 is 0 Å². The largest absolute Gasteiger partial charge is 0.388 e. The van der Waals surface area contributed by atoms with Gasteiger partial charge in [0.25, 0.3) is 0 Å². The third kappa shape index (κ3) is 2.79. The van der Waals surface area contributed by atoms with E-state index in [-0.39, 0.29) is 17.1 Å². The predicted molar refractivity (Wildman–Crippen MR) is 141 cm³/mol. The number of rotatable bonds is 2. The van der Waals surface area contributed by atoms with Crippen molar-refractivity contribution in [2.45, 2.75) is 68.5 Å². The molecule has 1 saturated heterocycles. The molecule has 0 radical (unpaired) electrons. The third-order valence-corrected chi connectivity index (χ3v) is 10.1. The van der Waals surface area contributed by atoms with Gasteiger partial charge in [-0.05, 0) is 86.0 Å². The van der Waals surface area contributed by atoms with Crippen LogP contribution in [0.4, 0.5) is 5.82 Å². The van der Waals surface area contributed by atoms with E-state index in [0.29, 0.717) is 18.2 Å². The topological polar surface area (TPSA) is 91.8 Å². The van der Waals surface area contributed by atoms with Gasteiger partial charge in [0.15, 0.2) is 0 Å². The van der Waals surface area contributed by atoms with Crippen LogP contribution >= 0.6 is 0 Å². The molecule has 2 spiro atoms. The molecule has 5 aliphatic rings. The first kappa shape index (κ1) is 22.7. The van der Waals surface area contributed by atoms with Crippen LogP contribution in [0.3, 0.4) is 0 Å². The van der Waals surface area contributed by atoms with E-state index in [2.05, 4.69) is 48.3 Å². The van der Waals surface area contributed by atoms with E-state index in [0.717, 1.165) is 42.0 Å². The van der Waals surface area contributed by atoms with E-state index in [1.807, 2.05) is 31.3 Å². The van der Waals surface area contributed by atoms with Crippen molar-refractivity contribution in [1.29, 1.82) is 0 Å². The summed E-state index contributed by atoms with van der Waals surface area (Å²) in [7, 11) is 3.95. The molecule has 1 unspecified atom stereocenters. The molecule has 2 bridgehead atoms. The van der Waals surface area contributed by atoms with Gasteiger partial charge in [0.05, 0.1) is 17.3 Å². The fourth-order valence-corrected chi connectivity index (χ4v) is 8.27. The molecule has 3 aliphatic carbocycles. The summed E-state index contributed by atoms with van der Waals surface area (Å²) in [6, 6.07) is 8.42. The smallest absolute Gasteiger partial charge is 0.123 e. The second-order valence-corrected chi connectivity index (χ2v) is 12.1. The molecule has 7 atom stereocenters. The molecule has 6 heteroatoms. The van der Waals surface area contributed by atoms with Crippen molar-refractivity contribution in [2.75, 3.05) is 19.8 Å². The number of ether oxygens (including phenoxy) is 1. The fraction of sp³-hybridized carbons (Fsp3) is 0.500. The zero-order valence-corrected chi connectivity index (χ0v) is 21.2. The number of nitrogens with two attached hydrogens (primary N) is 1. The van der Waals surface area contributed by atoms with Crippen LogP contribution < -0.4 is 5.73 Å². The quantitative estimate of drug-likeness (QED) is 0.599. The maximum atomic E-state index is 11.2. The van der Waals surface area contributed by atoms with Crippen LogP contribution in [0.1, 0.15) is 44.6 Å². The van der Waals surface area contributed by atoms with Gasteiger partial charge >= 0.3 is 0 Å². The number of nitrogens with zero attached hydrogens (tertiary/aromatic N) is 2. The molecular weight excluding hydrogens is 450 g/mol. The molecule has 6 nitrogen and oxygen atoms in total. The number of benzene rings is 1. The van der Waals surface area contributed by atoms with Crippen LogP contribution in [0.25, 0.3) is 16.3 Å². The van der Waals surface area contributed by atoms with Crippen LogP contribution in [-0.2, 0) is 4.74 Å². The van der Waals surface area contributed by atoms with Gasteiger partial charge in [0, 0.05) is 29.0 Å². The average Bonchev–Trinajstić information content (AvgIpc) is 3.36. The highest BCUT2D eigenvalue weighted by atomic mass is 16.5. The summed E-state index contributed by atoms with van der Waals surface area (Å²) in [5.41, 5.74) is 9.80. The van der Waals surface area contributed by atoms with Gasteiger partial charge in [-0.1, -0.05) is 37.3 Å². The molecule has 4 N–H and O–H groups in total. The maximum Gasteiger partial charge on any atom is 0.123 e. The van der Waals surface area contributed by atoms with E-state index in [1.54, 1.807) is 0 Å². The fourth-order valence-electron chi connectivity index (χ4n) is 8.27. The number of likely N-dealkylation sites (N-methyl/N-ethyl adjacent to an activating group) is 1. The Labute approximate surface area is 212 Å². The zero-order valence-electron chi connectivity index (χ0n) is 21.2. The van der Waals surface area contributed by atoms with Gasteiger partial charge in [-0.15, -0.1) is 0 Å². The Morgan fingerprint density at radius 2 is 1.94 bits per heavy atom. The minimum Gasteiger partial charge on any atom is -0.388 e. The van der Waals surface area contributed by atoms with Crippen molar-refractivity contribution in [2.24, 2.45) is 11.3 Å². The highest BCUT2D eigenvalue weighted by molar-refractivity contribution is 5.88. The van der Waals surface area contributed by atoms with Gasteiger partial charge in [0.2, 0.25) is 0 Å². The lowest BCUT2D eigenvalue weighted by molar-refractivity contribution is -0.161. The van der Waals surface area contributed by atoms with Gasteiger partial charge in [-0.2, -0.15) is 0 Å². The monoisotopic (exact) mass is 485 g/mol. The van der Waals surface area contributed by atoms with E-state index in [4.69, 9.17) is 10.5 Å². The molecule has 188 valence electrons.